The highest BCUT2D eigenvalue weighted by atomic mass is 16.5. The predicted octanol–water partition coefficient (Wildman–Crippen LogP) is 3.47. The maximum absolute atomic E-state index is 9.46. The molecule has 18 heavy (non-hydrogen) atoms. The van der Waals surface area contributed by atoms with Gasteiger partial charge in [-0.2, -0.15) is 5.26 Å². The van der Waals surface area contributed by atoms with Crippen molar-refractivity contribution in [3.8, 4) is 11.8 Å². The van der Waals surface area contributed by atoms with E-state index in [4.69, 9.17) is 4.74 Å². The van der Waals surface area contributed by atoms with Crippen molar-refractivity contribution in [2.45, 2.75) is 11.8 Å². The van der Waals surface area contributed by atoms with Crippen LogP contribution in [0.15, 0.2) is 54.6 Å². The van der Waals surface area contributed by atoms with Gasteiger partial charge in [0.15, 0.2) is 0 Å². The molecular formula is C16H13NO. The highest BCUT2D eigenvalue weighted by Crippen LogP contribution is 2.41. The molecule has 0 unspecified atom stereocenters. The number of nitrogens with zero attached hydrogens (tertiary/aromatic N) is 1. The third-order valence-corrected chi connectivity index (χ3v) is 3.44. The van der Waals surface area contributed by atoms with Crippen LogP contribution in [0, 0.1) is 11.3 Å². The van der Waals surface area contributed by atoms with Crippen molar-refractivity contribution in [2.75, 3.05) is 6.61 Å². The van der Waals surface area contributed by atoms with Crippen molar-refractivity contribution in [3.05, 3.63) is 65.7 Å². The molecule has 0 saturated heterocycles. The van der Waals surface area contributed by atoms with Gasteiger partial charge in [-0.25, -0.2) is 0 Å². The number of fused-ring (bicyclic) bond motifs is 1. The first kappa shape index (κ1) is 10.9. The van der Waals surface area contributed by atoms with Gasteiger partial charge in [0, 0.05) is 11.5 Å². The third kappa shape index (κ3) is 1.74. The molecule has 0 amide bonds. The number of hydrogen-bond acceptors (Lipinski definition) is 2. The molecule has 0 aromatic heterocycles. The zero-order valence-electron chi connectivity index (χ0n) is 9.91. The van der Waals surface area contributed by atoms with Crippen LogP contribution < -0.4 is 4.74 Å². The number of ether oxygens (including phenoxy) is 1. The summed E-state index contributed by atoms with van der Waals surface area (Å²) < 4.78 is 5.77. The summed E-state index contributed by atoms with van der Waals surface area (Å²) in [6.45, 7) is 0.569. The van der Waals surface area contributed by atoms with Gasteiger partial charge in [-0.05, 0) is 11.6 Å². The molecule has 0 N–H and O–H groups in total. The summed E-state index contributed by atoms with van der Waals surface area (Å²) in [7, 11) is 0. The van der Waals surface area contributed by atoms with Gasteiger partial charge < -0.3 is 4.74 Å². The molecule has 1 heterocycles. The molecule has 0 bridgehead atoms. The largest absolute Gasteiger partial charge is 0.493 e. The van der Waals surface area contributed by atoms with Crippen LogP contribution in [0.3, 0.4) is 0 Å². The number of para-hydroxylation sites is 1. The fourth-order valence-electron chi connectivity index (χ4n) is 2.51. The average molecular weight is 235 g/mol. The fourth-order valence-corrected chi connectivity index (χ4v) is 2.51. The van der Waals surface area contributed by atoms with E-state index >= 15 is 0 Å². The molecular weight excluding hydrogens is 222 g/mol. The van der Waals surface area contributed by atoms with Crippen LogP contribution in [0.25, 0.3) is 0 Å². The standard InChI is InChI=1S/C16H13NO/c17-10-14-13-8-4-5-9-16(13)18-11-15(14)12-6-2-1-3-7-12/h1-9,14-15H,11H2/t14-,15+/m1/s1. The van der Waals surface area contributed by atoms with E-state index in [1.807, 2.05) is 42.5 Å². The molecule has 2 nitrogen and oxygen atoms in total. The first-order chi connectivity index (χ1) is 8.90. The molecule has 0 fully saturated rings. The second-order valence-corrected chi connectivity index (χ2v) is 4.47. The van der Waals surface area contributed by atoms with E-state index in [-0.39, 0.29) is 11.8 Å². The van der Waals surface area contributed by atoms with Crippen LogP contribution >= 0.6 is 0 Å². The van der Waals surface area contributed by atoms with E-state index in [1.54, 1.807) is 0 Å². The van der Waals surface area contributed by atoms with Gasteiger partial charge in [0.2, 0.25) is 0 Å². The first-order valence-electron chi connectivity index (χ1n) is 6.06. The topological polar surface area (TPSA) is 33.0 Å². The Hall–Kier alpha value is -2.27. The van der Waals surface area contributed by atoms with Crippen LogP contribution in [0.1, 0.15) is 23.0 Å². The Morgan fingerprint density at radius 2 is 1.72 bits per heavy atom. The van der Waals surface area contributed by atoms with Crippen molar-refractivity contribution in [3.63, 3.8) is 0 Å². The lowest BCUT2D eigenvalue weighted by atomic mass is 9.81. The van der Waals surface area contributed by atoms with Gasteiger partial charge in [0.25, 0.3) is 0 Å². The monoisotopic (exact) mass is 235 g/mol. The van der Waals surface area contributed by atoms with E-state index in [1.165, 1.54) is 5.56 Å². The minimum atomic E-state index is -0.127. The number of hydrogen-bond donors (Lipinski definition) is 0. The fraction of sp³-hybridized carbons (Fsp3) is 0.188. The van der Waals surface area contributed by atoms with Crippen LogP contribution in [-0.4, -0.2) is 6.61 Å². The van der Waals surface area contributed by atoms with E-state index in [0.29, 0.717) is 6.61 Å². The summed E-state index contributed by atoms with van der Waals surface area (Å²) >= 11 is 0. The van der Waals surface area contributed by atoms with E-state index < -0.39 is 0 Å². The normalized spacial score (nSPS) is 21.5. The minimum absolute atomic E-state index is 0.117. The molecule has 1 aliphatic rings. The van der Waals surface area contributed by atoms with Gasteiger partial charge in [0.1, 0.15) is 5.75 Å². The van der Waals surface area contributed by atoms with Crippen LogP contribution in [0.2, 0.25) is 0 Å². The number of rotatable bonds is 1. The molecule has 0 saturated carbocycles. The number of nitriles is 1. The van der Waals surface area contributed by atoms with Crippen molar-refractivity contribution < 1.29 is 4.74 Å². The lowest BCUT2D eigenvalue weighted by Crippen LogP contribution is -2.23. The first-order valence-corrected chi connectivity index (χ1v) is 6.06. The van der Waals surface area contributed by atoms with Crippen LogP contribution in [0.4, 0.5) is 0 Å². The maximum atomic E-state index is 9.46. The summed E-state index contributed by atoms with van der Waals surface area (Å²) in [5.74, 6) is 0.833. The zero-order chi connectivity index (χ0) is 12.4. The minimum Gasteiger partial charge on any atom is -0.493 e. The molecule has 2 atom stereocenters. The SMILES string of the molecule is N#C[C@@H]1c2ccccc2OC[C@H]1c1ccccc1. The highest BCUT2D eigenvalue weighted by molar-refractivity contribution is 5.44. The Kier molecular flexibility index (Phi) is 2.74. The van der Waals surface area contributed by atoms with Gasteiger partial charge in [-0.3, -0.25) is 0 Å². The molecule has 1 aliphatic heterocycles. The van der Waals surface area contributed by atoms with E-state index in [9.17, 15) is 5.26 Å². The summed E-state index contributed by atoms with van der Waals surface area (Å²) in [4.78, 5) is 0. The van der Waals surface area contributed by atoms with E-state index in [0.717, 1.165) is 11.3 Å². The summed E-state index contributed by atoms with van der Waals surface area (Å²) in [6, 6.07) is 20.4. The van der Waals surface area contributed by atoms with E-state index in [2.05, 4.69) is 18.2 Å². The molecule has 2 aromatic carbocycles. The summed E-state index contributed by atoms with van der Waals surface area (Å²) in [5, 5.41) is 9.46. The lowest BCUT2D eigenvalue weighted by Gasteiger charge is -2.29. The van der Waals surface area contributed by atoms with Crippen LogP contribution in [-0.2, 0) is 0 Å². The Balaban J connectivity index is 2.03. The Labute approximate surface area is 106 Å². The molecule has 0 radical (unpaired) electrons. The maximum Gasteiger partial charge on any atom is 0.123 e. The van der Waals surface area contributed by atoms with Gasteiger partial charge >= 0.3 is 0 Å². The van der Waals surface area contributed by atoms with Gasteiger partial charge in [-0.15, -0.1) is 0 Å². The van der Waals surface area contributed by atoms with Crippen molar-refractivity contribution in [2.24, 2.45) is 0 Å². The molecule has 0 aliphatic carbocycles. The highest BCUT2D eigenvalue weighted by Gasteiger charge is 2.31. The molecule has 3 rings (SSSR count). The molecule has 2 aromatic rings. The second-order valence-electron chi connectivity index (χ2n) is 4.47. The Morgan fingerprint density at radius 3 is 2.50 bits per heavy atom. The van der Waals surface area contributed by atoms with Crippen molar-refractivity contribution in [1.29, 1.82) is 5.26 Å². The molecule has 0 spiro atoms. The average Bonchev–Trinajstić information content (AvgIpc) is 2.47. The molecule has 88 valence electrons. The third-order valence-electron chi connectivity index (χ3n) is 3.44. The van der Waals surface area contributed by atoms with Crippen LogP contribution in [0.5, 0.6) is 5.75 Å². The van der Waals surface area contributed by atoms with Gasteiger partial charge in [0.05, 0.1) is 18.6 Å². The summed E-state index contributed by atoms with van der Waals surface area (Å²) in [6.07, 6.45) is 0. The Morgan fingerprint density at radius 1 is 1.00 bits per heavy atom. The predicted molar refractivity (Wildman–Crippen MR) is 69.5 cm³/mol. The number of benzene rings is 2. The van der Waals surface area contributed by atoms with Gasteiger partial charge in [-0.1, -0.05) is 48.5 Å². The smallest absolute Gasteiger partial charge is 0.123 e. The zero-order valence-corrected chi connectivity index (χ0v) is 9.91. The summed E-state index contributed by atoms with van der Waals surface area (Å²) in [5.41, 5.74) is 2.17. The van der Waals surface area contributed by atoms with Crippen molar-refractivity contribution >= 4 is 0 Å². The Bertz CT molecular complexity index is 586. The van der Waals surface area contributed by atoms with Crippen molar-refractivity contribution in [1.82, 2.24) is 0 Å². The molecule has 2 heteroatoms. The quantitative estimate of drug-likeness (QED) is 0.758. The second kappa shape index (κ2) is 4.54. The lowest BCUT2D eigenvalue weighted by molar-refractivity contribution is 0.253.